The van der Waals surface area contributed by atoms with Crippen LogP contribution in [0.5, 0.6) is 0 Å². The van der Waals surface area contributed by atoms with Crippen molar-refractivity contribution in [1.29, 1.82) is 0 Å². The van der Waals surface area contributed by atoms with Crippen LogP contribution in [0, 0.1) is 61.0 Å². The zero-order valence-corrected chi connectivity index (χ0v) is 21.7. The van der Waals surface area contributed by atoms with E-state index in [1.165, 1.54) is 17.1 Å². The molecule has 1 rings (SSSR count). The smallest absolute Gasteiger partial charge is 0.390 e. The van der Waals surface area contributed by atoms with Crippen LogP contribution in [0.2, 0.25) is 0 Å². The van der Waals surface area contributed by atoms with Crippen molar-refractivity contribution in [3.8, 4) is 11.8 Å². The Morgan fingerprint density at radius 1 is 1.31 bits per heavy atom. The second-order valence-corrected chi connectivity index (χ2v) is 6.94. The van der Waals surface area contributed by atoms with Crippen molar-refractivity contribution in [1.82, 2.24) is 4.90 Å². The fourth-order valence-electron chi connectivity index (χ4n) is 2.84. The molecule has 0 radical (unpaired) electrons. The number of aliphatic hydroxyl groups is 1. The second-order valence-electron chi connectivity index (χ2n) is 6.94. The first-order valence-corrected chi connectivity index (χ1v) is 9.96. The van der Waals surface area contributed by atoms with Gasteiger partial charge < -0.3 is 34.3 Å². The number of carbonyl (C=O) groups is 1. The number of allylic oxidation sites excluding steroid dienone is 4. The van der Waals surface area contributed by atoms with Crippen LogP contribution >= 0.6 is 0 Å². The molecule has 3 nitrogen and oxygen atoms in total. The van der Waals surface area contributed by atoms with E-state index in [9.17, 15) is 18.7 Å². The van der Waals surface area contributed by atoms with Crippen LogP contribution in [0.3, 0.4) is 0 Å². The number of rotatable bonds is 10. The number of aliphatic hydroxyl groups excluding tert-OH is 1. The first-order valence-electron chi connectivity index (χ1n) is 9.96. The van der Waals surface area contributed by atoms with Gasteiger partial charge in [-0.2, -0.15) is 8.78 Å². The minimum atomic E-state index is -3.35. The maximum Gasteiger partial charge on any atom is 2.00 e. The molecule has 0 unspecified atom stereocenters. The van der Waals surface area contributed by atoms with E-state index in [2.05, 4.69) is 24.0 Å². The standard InChI is InChI=1S/C23H31F2NO2.U/c1-4-6-8-9-10-11-13-17-26-20(18-23(24,25)22(26)28)15-16-21(27)19(3)14-12-7-5-2;/h8-9,15-16,19-21,27H,4-5,11,13-14,17-18H2,1-3H3;/q-2;+2/b16-15+;/t19-,20+,21-;/m1./s1. The number of hydrogen-bond donors (Lipinski definition) is 1. The first-order chi connectivity index (χ1) is 13.3. The van der Waals surface area contributed by atoms with Gasteiger partial charge in [0.2, 0.25) is 0 Å². The first kappa shape index (κ1) is 28.1. The van der Waals surface area contributed by atoms with Gasteiger partial charge >= 0.3 is 37.0 Å². The third-order valence-electron chi connectivity index (χ3n) is 4.52. The van der Waals surface area contributed by atoms with Crippen molar-refractivity contribution in [2.24, 2.45) is 5.92 Å². The van der Waals surface area contributed by atoms with E-state index in [4.69, 9.17) is 0 Å². The van der Waals surface area contributed by atoms with Crippen LogP contribution in [0.15, 0.2) is 24.3 Å². The Morgan fingerprint density at radius 2 is 2.00 bits per heavy atom. The Balaban J connectivity index is 0.00000784. The SMILES string of the molecule is CCC#CC[C@@H](C)[C@H](O)/C=C/[C@H]1CC(F)(F)C(=O)N1CCC[C-]=CC=[C-]CC.[U+2]. The predicted octanol–water partition coefficient (Wildman–Crippen LogP) is 4.49. The van der Waals surface area contributed by atoms with E-state index in [1.807, 2.05) is 20.8 Å². The molecule has 0 aromatic carbocycles. The summed E-state index contributed by atoms with van der Waals surface area (Å²) in [4.78, 5) is 13.2. The molecule has 0 aliphatic carbocycles. The monoisotopic (exact) mass is 629 g/mol. The molecule has 6 heteroatoms. The van der Waals surface area contributed by atoms with E-state index in [0.717, 1.165) is 12.8 Å². The molecule has 3 atom stereocenters. The molecule has 0 aromatic rings. The van der Waals surface area contributed by atoms with Crippen LogP contribution < -0.4 is 0 Å². The van der Waals surface area contributed by atoms with Gasteiger partial charge in [0, 0.05) is 25.8 Å². The van der Waals surface area contributed by atoms with Gasteiger partial charge in [-0.25, -0.2) is 0 Å². The van der Waals surface area contributed by atoms with Crippen molar-refractivity contribution in [2.45, 2.75) is 77.4 Å². The van der Waals surface area contributed by atoms with Gasteiger partial charge in [0.1, 0.15) is 0 Å². The molecule has 1 aliphatic heterocycles. The van der Waals surface area contributed by atoms with E-state index in [1.54, 1.807) is 12.2 Å². The Hall–Kier alpha value is -0.878. The number of unbranched alkanes of at least 4 members (excludes halogenated alkanes) is 1. The summed E-state index contributed by atoms with van der Waals surface area (Å²) in [5, 5.41) is 10.2. The van der Waals surface area contributed by atoms with E-state index in [-0.39, 0.29) is 43.6 Å². The van der Waals surface area contributed by atoms with Crippen LogP contribution in [-0.4, -0.2) is 40.5 Å². The number of carbonyl (C=O) groups excluding carboxylic acids is 1. The summed E-state index contributed by atoms with van der Waals surface area (Å²) in [6, 6.07) is -0.705. The fraction of sp³-hybridized carbons (Fsp3) is 0.609. The molecule has 1 saturated heterocycles. The molecule has 0 aromatic heterocycles. The summed E-state index contributed by atoms with van der Waals surface area (Å²) in [5.74, 6) is 1.34. The van der Waals surface area contributed by atoms with Gasteiger partial charge in [-0.15, -0.1) is 24.7 Å². The molecule has 1 aliphatic rings. The third kappa shape index (κ3) is 10.1. The average molecular weight is 630 g/mol. The number of alkyl halides is 2. The maximum atomic E-state index is 13.9. The predicted molar refractivity (Wildman–Crippen MR) is 107 cm³/mol. The molecule has 0 spiro atoms. The van der Waals surface area contributed by atoms with E-state index >= 15 is 0 Å². The number of amides is 1. The van der Waals surface area contributed by atoms with Gasteiger partial charge in [0.15, 0.2) is 0 Å². The zero-order valence-electron chi connectivity index (χ0n) is 17.5. The maximum absolute atomic E-state index is 13.9. The molecule has 0 saturated carbocycles. The minimum absolute atomic E-state index is 0. The number of halogens is 2. The summed E-state index contributed by atoms with van der Waals surface area (Å²) < 4.78 is 27.8. The minimum Gasteiger partial charge on any atom is -0.390 e. The van der Waals surface area contributed by atoms with Crippen molar-refractivity contribution in [3.05, 3.63) is 36.5 Å². The number of likely N-dealkylation sites (tertiary alicyclic amines) is 1. The summed E-state index contributed by atoms with van der Waals surface area (Å²) in [5.41, 5.74) is 0. The van der Waals surface area contributed by atoms with Crippen molar-refractivity contribution in [2.75, 3.05) is 6.54 Å². The average Bonchev–Trinajstić information content (AvgIpc) is 2.88. The normalized spacial score (nSPS) is 20.8. The van der Waals surface area contributed by atoms with E-state index < -0.39 is 30.4 Å². The van der Waals surface area contributed by atoms with Crippen LogP contribution in [0.1, 0.15) is 59.3 Å². The molecular formula is C23H31F2NO2U. The van der Waals surface area contributed by atoms with Gasteiger partial charge in [-0.05, 0) is 12.3 Å². The summed E-state index contributed by atoms with van der Waals surface area (Å²) in [6.45, 7) is 6.03. The van der Waals surface area contributed by atoms with Gasteiger partial charge in [-0.1, -0.05) is 32.9 Å². The van der Waals surface area contributed by atoms with Crippen molar-refractivity contribution in [3.63, 3.8) is 0 Å². The summed E-state index contributed by atoms with van der Waals surface area (Å²) in [7, 11) is 0. The Bertz CT molecular complexity index is 635. The van der Waals surface area contributed by atoms with Crippen LogP contribution in [0.4, 0.5) is 8.78 Å². The molecule has 1 N–H and O–H groups in total. The molecule has 1 fully saturated rings. The molecule has 29 heavy (non-hydrogen) atoms. The quantitative estimate of drug-likeness (QED) is 0.127. The van der Waals surface area contributed by atoms with Crippen LogP contribution in [-0.2, 0) is 4.79 Å². The fourth-order valence-corrected chi connectivity index (χ4v) is 2.84. The molecule has 1 amide bonds. The van der Waals surface area contributed by atoms with Crippen molar-refractivity contribution < 1.29 is 49.8 Å². The second kappa shape index (κ2) is 15.0. The third-order valence-corrected chi connectivity index (χ3v) is 4.52. The van der Waals surface area contributed by atoms with Gasteiger partial charge in [0.05, 0.1) is 12.1 Å². The molecule has 158 valence electrons. The Labute approximate surface area is 198 Å². The van der Waals surface area contributed by atoms with Gasteiger partial charge in [-0.3, -0.25) is 4.79 Å². The molecule has 1 heterocycles. The summed E-state index contributed by atoms with van der Waals surface area (Å²) in [6.07, 6.45) is 14.5. The van der Waals surface area contributed by atoms with Crippen LogP contribution in [0.25, 0.3) is 0 Å². The molecular weight excluding hydrogens is 598 g/mol. The Morgan fingerprint density at radius 3 is 2.66 bits per heavy atom. The molecule has 0 bridgehead atoms. The van der Waals surface area contributed by atoms with E-state index in [0.29, 0.717) is 19.3 Å². The number of nitrogens with zero attached hydrogens (tertiary/aromatic N) is 1. The number of hydrogen-bond acceptors (Lipinski definition) is 2. The Kier molecular flexibility index (Phi) is 14.5. The zero-order chi connectivity index (χ0) is 21.0. The van der Waals surface area contributed by atoms with Gasteiger partial charge in [0.25, 0.3) is 5.91 Å². The topological polar surface area (TPSA) is 40.5 Å². The van der Waals surface area contributed by atoms with Crippen molar-refractivity contribution >= 4 is 5.91 Å². The summed E-state index contributed by atoms with van der Waals surface area (Å²) >= 11 is 0. The largest absolute Gasteiger partial charge is 2.00 e.